The Morgan fingerprint density at radius 1 is 0.907 bits per heavy atom. The molecule has 5 aromatic rings. The molecular weight excluding hydrogens is 544 g/mol. The molecule has 9 nitrogen and oxygen atoms in total. The van der Waals surface area contributed by atoms with Gasteiger partial charge in [0.05, 0.1) is 21.9 Å². The van der Waals surface area contributed by atoms with Gasteiger partial charge >= 0.3 is 6.09 Å². The Hall–Kier alpha value is -5.44. The first-order chi connectivity index (χ1) is 20.6. The van der Waals surface area contributed by atoms with Gasteiger partial charge in [0, 0.05) is 41.7 Å². The second-order valence-corrected chi connectivity index (χ2v) is 11.2. The molecule has 0 saturated carbocycles. The number of carbonyl (C=O) groups is 1. The fourth-order valence-electron chi connectivity index (χ4n) is 4.72. The first-order valence-corrected chi connectivity index (χ1v) is 13.8. The summed E-state index contributed by atoms with van der Waals surface area (Å²) in [6.07, 6.45) is -0.409. The molecule has 0 aliphatic rings. The maximum Gasteiger partial charge on any atom is 0.410 e. The number of nitrogens with zero attached hydrogens (tertiary/aromatic N) is 3. The summed E-state index contributed by atoms with van der Waals surface area (Å²) in [5, 5.41) is 22.9. The molecule has 2 N–H and O–H groups in total. The number of aromatic nitrogens is 1. The Morgan fingerprint density at radius 2 is 1.51 bits per heavy atom. The maximum absolute atomic E-state index is 13.1. The van der Waals surface area contributed by atoms with Gasteiger partial charge in [-0.25, -0.2) is 9.79 Å². The molecule has 0 bridgehead atoms. The summed E-state index contributed by atoms with van der Waals surface area (Å²) in [4.78, 5) is 33.6. The SMILES string of the molecule is CC(C)(C)OC(=O)N(Cc1ccccc1)Cc1ccc(N=C(c2ccccc2)c2c(O)[nH]c3ccc([N+](=O)[O-])cc23)cc1. The molecule has 5 rings (SSSR count). The van der Waals surface area contributed by atoms with Crippen molar-refractivity contribution in [1.82, 2.24) is 9.88 Å². The van der Waals surface area contributed by atoms with Gasteiger partial charge in [-0.3, -0.25) is 15.0 Å². The standard InChI is InChI=1S/C34H32N4O5/c1-34(2,3)43-33(40)37(21-23-10-6-4-7-11-23)22-24-14-16-26(17-15-24)35-31(25-12-8-5-9-13-25)30-28-20-27(38(41)42)18-19-29(28)36-32(30)39/h4-20,36,39H,21-22H2,1-3H3. The lowest BCUT2D eigenvalue weighted by molar-refractivity contribution is -0.384. The van der Waals surface area contributed by atoms with Crippen LogP contribution in [0.25, 0.3) is 10.9 Å². The second kappa shape index (κ2) is 12.2. The summed E-state index contributed by atoms with van der Waals surface area (Å²) in [6, 6.07) is 30.9. The van der Waals surface area contributed by atoms with Crippen LogP contribution < -0.4 is 0 Å². The summed E-state index contributed by atoms with van der Waals surface area (Å²) < 4.78 is 5.68. The monoisotopic (exact) mass is 576 g/mol. The van der Waals surface area contributed by atoms with E-state index in [9.17, 15) is 20.0 Å². The van der Waals surface area contributed by atoms with E-state index >= 15 is 0 Å². The van der Waals surface area contributed by atoms with Crippen LogP contribution in [0.15, 0.2) is 108 Å². The number of hydrogen-bond acceptors (Lipinski definition) is 6. The Morgan fingerprint density at radius 3 is 2.12 bits per heavy atom. The number of carbonyl (C=O) groups excluding carboxylic acids is 1. The molecule has 0 fully saturated rings. The molecule has 0 aliphatic heterocycles. The van der Waals surface area contributed by atoms with Crippen molar-refractivity contribution in [3.63, 3.8) is 0 Å². The van der Waals surface area contributed by atoms with E-state index in [-0.39, 0.29) is 11.6 Å². The molecule has 9 heteroatoms. The highest BCUT2D eigenvalue weighted by Crippen LogP contribution is 2.33. The van der Waals surface area contributed by atoms with Gasteiger partial charge < -0.3 is 14.8 Å². The molecule has 0 aliphatic carbocycles. The van der Waals surface area contributed by atoms with Crippen LogP contribution in [-0.4, -0.2) is 37.3 Å². The Labute approximate surface area is 249 Å². The predicted molar refractivity (Wildman–Crippen MR) is 167 cm³/mol. The largest absolute Gasteiger partial charge is 0.494 e. The van der Waals surface area contributed by atoms with Crippen LogP contribution in [0.4, 0.5) is 16.2 Å². The molecule has 1 heterocycles. The lowest BCUT2D eigenvalue weighted by Gasteiger charge is -2.27. The van der Waals surface area contributed by atoms with E-state index in [2.05, 4.69) is 4.98 Å². The molecule has 1 aromatic heterocycles. The number of amides is 1. The first-order valence-electron chi connectivity index (χ1n) is 13.8. The third-order valence-corrected chi connectivity index (χ3v) is 6.68. The minimum atomic E-state index is -0.632. The lowest BCUT2D eigenvalue weighted by Crippen LogP contribution is -2.36. The molecule has 43 heavy (non-hydrogen) atoms. The van der Waals surface area contributed by atoms with Crippen molar-refractivity contribution < 1.29 is 19.6 Å². The van der Waals surface area contributed by atoms with E-state index < -0.39 is 16.6 Å². The topological polar surface area (TPSA) is 121 Å². The number of aromatic hydroxyl groups is 1. The third-order valence-electron chi connectivity index (χ3n) is 6.68. The van der Waals surface area contributed by atoms with Crippen LogP contribution in [-0.2, 0) is 17.8 Å². The Balaban J connectivity index is 1.49. The predicted octanol–water partition coefficient (Wildman–Crippen LogP) is 7.89. The lowest BCUT2D eigenvalue weighted by atomic mass is 10.0. The summed E-state index contributed by atoms with van der Waals surface area (Å²) in [6.45, 7) is 6.23. The third kappa shape index (κ3) is 7.08. The highest BCUT2D eigenvalue weighted by Gasteiger charge is 2.23. The van der Waals surface area contributed by atoms with Crippen molar-refractivity contribution in [3.8, 4) is 5.88 Å². The van der Waals surface area contributed by atoms with Crippen molar-refractivity contribution >= 4 is 34.1 Å². The number of nitro groups is 1. The van der Waals surface area contributed by atoms with Gasteiger partial charge in [-0.15, -0.1) is 0 Å². The van der Waals surface area contributed by atoms with E-state index in [0.717, 1.165) is 16.7 Å². The van der Waals surface area contributed by atoms with Gasteiger partial charge in [0.25, 0.3) is 5.69 Å². The molecule has 0 radical (unpaired) electrons. The molecule has 1 amide bonds. The Bertz CT molecular complexity index is 1770. The van der Waals surface area contributed by atoms with E-state index in [1.54, 1.807) is 11.0 Å². The minimum Gasteiger partial charge on any atom is -0.494 e. The number of benzene rings is 4. The van der Waals surface area contributed by atoms with Crippen molar-refractivity contribution in [2.75, 3.05) is 0 Å². The number of rotatable bonds is 8. The highest BCUT2D eigenvalue weighted by molar-refractivity contribution is 6.22. The summed E-state index contributed by atoms with van der Waals surface area (Å²) in [5.74, 6) is -0.136. The average molecular weight is 577 g/mol. The van der Waals surface area contributed by atoms with E-state index in [4.69, 9.17) is 9.73 Å². The molecule has 0 unspecified atom stereocenters. The number of aliphatic imine (C=N–C) groups is 1. The van der Waals surface area contributed by atoms with Crippen LogP contribution in [0.5, 0.6) is 5.88 Å². The van der Waals surface area contributed by atoms with E-state index in [1.165, 1.54) is 12.1 Å². The minimum absolute atomic E-state index is 0.0884. The van der Waals surface area contributed by atoms with Crippen molar-refractivity contribution in [3.05, 3.63) is 135 Å². The molecule has 0 spiro atoms. The number of non-ortho nitro benzene ring substituents is 1. The molecular formula is C34H32N4O5. The number of fused-ring (bicyclic) bond motifs is 1. The van der Waals surface area contributed by atoms with Crippen LogP contribution in [0.2, 0.25) is 0 Å². The molecule has 0 atom stereocenters. The summed E-state index contributed by atoms with van der Waals surface area (Å²) in [5.41, 5.74) is 3.86. The maximum atomic E-state index is 13.1. The van der Waals surface area contributed by atoms with Crippen LogP contribution >= 0.6 is 0 Å². The Kier molecular flexibility index (Phi) is 8.25. The highest BCUT2D eigenvalue weighted by atomic mass is 16.6. The molecule has 4 aromatic carbocycles. The zero-order chi connectivity index (χ0) is 30.6. The van der Waals surface area contributed by atoms with Crippen molar-refractivity contribution in [2.24, 2.45) is 4.99 Å². The smallest absolute Gasteiger partial charge is 0.410 e. The second-order valence-electron chi connectivity index (χ2n) is 11.2. The van der Waals surface area contributed by atoms with Gasteiger partial charge in [0.2, 0.25) is 0 Å². The van der Waals surface area contributed by atoms with Gasteiger partial charge in [0.1, 0.15) is 5.60 Å². The quantitative estimate of drug-likeness (QED) is 0.111. The van der Waals surface area contributed by atoms with Gasteiger partial charge in [-0.2, -0.15) is 0 Å². The fourth-order valence-corrected chi connectivity index (χ4v) is 4.72. The van der Waals surface area contributed by atoms with Crippen molar-refractivity contribution in [1.29, 1.82) is 0 Å². The zero-order valence-corrected chi connectivity index (χ0v) is 24.2. The first kappa shape index (κ1) is 29.1. The van der Waals surface area contributed by atoms with Gasteiger partial charge in [0.15, 0.2) is 5.88 Å². The molecule has 0 saturated heterocycles. The summed E-state index contributed by atoms with van der Waals surface area (Å²) >= 11 is 0. The normalized spacial score (nSPS) is 11.8. The van der Waals surface area contributed by atoms with Crippen molar-refractivity contribution in [2.45, 2.75) is 39.5 Å². The average Bonchev–Trinajstić information content (AvgIpc) is 3.31. The number of nitro benzene ring substituents is 1. The number of nitrogens with one attached hydrogen (secondary N) is 1. The number of aromatic amines is 1. The van der Waals surface area contributed by atoms with Gasteiger partial charge in [-0.05, 0) is 50.1 Å². The summed E-state index contributed by atoms with van der Waals surface area (Å²) in [7, 11) is 0. The van der Waals surface area contributed by atoms with Gasteiger partial charge in [-0.1, -0.05) is 72.8 Å². The van der Waals surface area contributed by atoms with Crippen LogP contribution in [0.3, 0.4) is 0 Å². The fraction of sp³-hybridized carbons (Fsp3) is 0.176. The number of ether oxygens (including phenoxy) is 1. The number of hydrogen-bond donors (Lipinski definition) is 2. The van der Waals surface area contributed by atoms with E-state index in [0.29, 0.717) is 41.0 Å². The zero-order valence-electron chi connectivity index (χ0n) is 24.2. The number of H-pyrrole nitrogens is 1. The molecule has 218 valence electrons. The van der Waals surface area contributed by atoms with Crippen LogP contribution in [0, 0.1) is 10.1 Å². The van der Waals surface area contributed by atoms with Crippen LogP contribution in [0.1, 0.15) is 43.0 Å². The van der Waals surface area contributed by atoms with E-state index in [1.807, 2.05) is 106 Å².